The van der Waals surface area contributed by atoms with Crippen molar-refractivity contribution in [3.8, 4) is 11.3 Å². The van der Waals surface area contributed by atoms with E-state index < -0.39 is 0 Å². The summed E-state index contributed by atoms with van der Waals surface area (Å²) >= 11 is 0. The van der Waals surface area contributed by atoms with Gasteiger partial charge in [0.15, 0.2) is 0 Å². The van der Waals surface area contributed by atoms with Gasteiger partial charge in [-0.15, -0.1) is 0 Å². The van der Waals surface area contributed by atoms with E-state index in [4.69, 9.17) is 0 Å². The van der Waals surface area contributed by atoms with Crippen LogP contribution in [0.4, 0.5) is 0 Å². The number of dihydropyridines is 1. The number of H-pyrrole nitrogens is 1. The van der Waals surface area contributed by atoms with Gasteiger partial charge < -0.3 is 10.3 Å². The lowest BCUT2D eigenvalue weighted by molar-refractivity contribution is 0.878. The summed E-state index contributed by atoms with van der Waals surface area (Å²) in [6.07, 6.45) is 7.22. The van der Waals surface area contributed by atoms with Gasteiger partial charge in [-0.05, 0) is 73.4 Å². The number of rotatable bonds is 3. The summed E-state index contributed by atoms with van der Waals surface area (Å²) in [7, 11) is 0. The maximum atomic E-state index is 4.53. The molecule has 0 bridgehead atoms. The molecule has 2 aromatic heterocycles. The number of aryl methyl sites for hydroxylation is 2. The molecule has 0 amide bonds. The summed E-state index contributed by atoms with van der Waals surface area (Å²) in [5.74, 6) is 0.432. The molecule has 1 aliphatic heterocycles. The van der Waals surface area contributed by atoms with Crippen LogP contribution in [0.15, 0.2) is 48.8 Å². The number of nitrogens with one attached hydrogen (secondary N) is 2. The predicted octanol–water partition coefficient (Wildman–Crippen LogP) is 5.82. The Morgan fingerprint density at radius 2 is 1.77 bits per heavy atom. The molecule has 4 rings (SSSR count). The minimum atomic E-state index is 0.432. The molecule has 3 aromatic rings. The van der Waals surface area contributed by atoms with Gasteiger partial charge in [0, 0.05) is 34.1 Å². The number of fused-ring (bicyclic) bond motifs is 1. The van der Waals surface area contributed by atoms with Crippen LogP contribution in [0.2, 0.25) is 0 Å². The van der Waals surface area contributed by atoms with Gasteiger partial charge in [-0.1, -0.05) is 26.0 Å². The first kappa shape index (κ1) is 16.6. The van der Waals surface area contributed by atoms with Crippen LogP contribution in [-0.4, -0.2) is 9.97 Å². The lowest BCUT2D eigenvalue weighted by Crippen LogP contribution is -2.00. The van der Waals surface area contributed by atoms with Crippen molar-refractivity contribution in [1.29, 1.82) is 0 Å². The quantitative estimate of drug-likeness (QED) is 0.629. The highest BCUT2D eigenvalue weighted by Crippen LogP contribution is 2.37. The largest absolute Gasteiger partial charge is 0.368 e. The Hall–Kier alpha value is -2.81. The molecule has 0 saturated heterocycles. The topological polar surface area (TPSA) is 40.7 Å². The van der Waals surface area contributed by atoms with Gasteiger partial charge in [-0.2, -0.15) is 0 Å². The van der Waals surface area contributed by atoms with E-state index in [1.54, 1.807) is 0 Å². The van der Waals surface area contributed by atoms with Crippen LogP contribution < -0.4 is 5.32 Å². The molecule has 3 nitrogen and oxygen atoms in total. The van der Waals surface area contributed by atoms with E-state index in [1.165, 1.54) is 38.9 Å². The summed E-state index contributed by atoms with van der Waals surface area (Å²) < 4.78 is 0. The highest BCUT2D eigenvalue weighted by molar-refractivity contribution is 5.93. The zero-order valence-corrected chi connectivity index (χ0v) is 15.9. The van der Waals surface area contributed by atoms with E-state index in [0.29, 0.717) is 5.92 Å². The Morgan fingerprint density at radius 1 is 1.00 bits per heavy atom. The van der Waals surface area contributed by atoms with Crippen LogP contribution in [0.5, 0.6) is 0 Å². The van der Waals surface area contributed by atoms with Gasteiger partial charge in [-0.3, -0.25) is 4.98 Å². The average Bonchev–Trinajstić information content (AvgIpc) is 3.00. The SMILES string of the molecule is Cc1cc(-c2[nH]c3ccc(C4=CNC=CC4)cc3c2C(C)C)cc(C)n1. The van der Waals surface area contributed by atoms with Crippen LogP contribution >= 0.6 is 0 Å². The van der Waals surface area contributed by atoms with Gasteiger partial charge >= 0.3 is 0 Å². The third-order valence-electron chi connectivity index (χ3n) is 4.97. The van der Waals surface area contributed by atoms with Crippen molar-refractivity contribution in [2.24, 2.45) is 0 Å². The summed E-state index contributed by atoms with van der Waals surface area (Å²) in [4.78, 5) is 8.20. The number of hydrogen-bond donors (Lipinski definition) is 2. The van der Waals surface area contributed by atoms with E-state index in [1.807, 2.05) is 6.20 Å². The van der Waals surface area contributed by atoms with Crippen LogP contribution in [0.3, 0.4) is 0 Å². The van der Waals surface area contributed by atoms with Gasteiger partial charge in [0.05, 0.1) is 5.69 Å². The standard InChI is InChI=1S/C23H25N3/c1-14(2)22-20-12-17(18-6-5-9-24-13-18)7-8-21(20)26-23(22)19-10-15(3)25-16(4)11-19/h5,7-14,24,26H,6H2,1-4H3. The van der Waals surface area contributed by atoms with Crippen molar-refractivity contribution in [3.05, 3.63) is 71.3 Å². The van der Waals surface area contributed by atoms with Crippen LogP contribution in [0.25, 0.3) is 27.7 Å². The molecular weight excluding hydrogens is 318 g/mol. The number of hydrogen-bond acceptors (Lipinski definition) is 2. The number of aromatic amines is 1. The second kappa shape index (κ2) is 6.49. The fraction of sp³-hybridized carbons (Fsp3) is 0.261. The molecule has 0 unspecified atom stereocenters. The first-order valence-electron chi connectivity index (χ1n) is 9.24. The van der Waals surface area contributed by atoms with Gasteiger partial charge in [-0.25, -0.2) is 0 Å². The number of nitrogens with zero attached hydrogens (tertiary/aromatic N) is 1. The fourth-order valence-electron chi connectivity index (χ4n) is 3.88. The Morgan fingerprint density at radius 3 is 2.42 bits per heavy atom. The molecule has 132 valence electrons. The van der Waals surface area contributed by atoms with E-state index in [2.05, 4.69) is 85.6 Å². The maximum Gasteiger partial charge on any atom is 0.0501 e. The zero-order valence-electron chi connectivity index (χ0n) is 15.9. The molecule has 1 aromatic carbocycles. The smallest absolute Gasteiger partial charge is 0.0501 e. The van der Waals surface area contributed by atoms with Gasteiger partial charge in [0.2, 0.25) is 0 Å². The molecule has 0 saturated carbocycles. The molecule has 2 N–H and O–H groups in total. The molecular formula is C23H25N3. The molecule has 1 aliphatic rings. The molecule has 3 heteroatoms. The molecule has 0 aliphatic carbocycles. The first-order chi connectivity index (χ1) is 12.5. The summed E-state index contributed by atoms with van der Waals surface area (Å²) in [6, 6.07) is 11.1. The predicted molar refractivity (Wildman–Crippen MR) is 110 cm³/mol. The van der Waals surface area contributed by atoms with Crippen LogP contribution in [0.1, 0.15) is 48.7 Å². The van der Waals surface area contributed by atoms with Crippen molar-refractivity contribution in [2.45, 2.75) is 40.0 Å². The number of aromatic nitrogens is 2. The fourth-order valence-corrected chi connectivity index (χ4v) is 3.88. The minimum absolute atomic E-state index is 0.432. The molecule has 3 heterocycles. The normalized spacial score (nSPS) is 14.0. The summed E-state index contributed by atoms with van der Waals surface area (Å²) in [5.41, 5.74) is 9.73. The van der Waals surface area contributed by atoms with Crippen molar-refractivity contribution in [1.82, 2.24) is 15.3 Å². The highest BCUT2D eigenvalue weighted by atomic mass is 14.8. The van der Waals surface area contributed by atoms with E-state index >= 15 is 0 Å². The zero-order chi connectivity index (χ0) is 18.3. The highest BCUT2D eigenvalue weighted by Gasteiger charge is 2.17. The second-order valence-electron chi connectivity index (χ2n) is 7.41. The molecule has 0 fully saturated rings. The number of allylic oxidation sites excluding steroid dienone is 2. The van der Waals surface area contributed by atoms with Crippen molar-refractivity contribution in [3.63, 3.8) is 0 Å². The summed E-state index contributed by atoms with van der Waals surface area (Å²) in [6.45, 7) is 8.65. The Bertz CT molecular complexity index is 1010. The molecule has 26 heavy (non-hydrogen) atoms. The van der Waals surface area contributed by atoms with Gasteiger partial charge in [0.25, 0.3) is 0 Å². The van der Waals surface area contributed by atoms with Gasteiger partial charge in [0.1, 0.15) is 0 Å². The Balaban J connectivity index is 1.91. The third-order valence-corrected chi connectivity index (χ3v) is 4.97. The van der Waals surface area contributed by atoms with Crippen molar-refractivity contribution >= 4 is 16.5 Å². The molecule has 0 radical (unpaired) electrons. The third kappa shape index (κ3) is 2.94. The molecule has 0 atom stereocenters. The van der Waals surface area contributed by atoms with Crippen LogP contribution in [0, 0.1) is 13.8 Å². The summed E-state index contributed by atoms with van der Waals surface area (Å²) in [5, 5.41) is 4.52. The average molecular weight is 343 g/mol. The van der Waals surface area contributed by atoms with Crippen molar-refractivity contribution in [2.75, 3.05) is 0 Å². The van der Waals surface area contributed by atoms with E-state index in [9.17, 15) is 0 Å². The molecule has 0 spiro atoms. The second-order valence-corrected chi connectivity index (χ2v) is 7.41. The lowest BCUT2D eigenvalue weighted by Gasteiger charge is -2.12. The minimum Gasteiger partial charge on any atom is -0.368 e. The maximum absolute atomic E-state index is 4.53. The Kier molecular flexibility index (Phi) is 4.15. The monoisotopic (exact) mass is 343 g/mol. The van der Waals surface area contributed by atoms with Crippen molar-refractivity contribution < 1.29 is 0 Å². The number of benzene rings is 1. The Labute approximate surface area is 154 Å². The van der Waals surface area contributed by atoms with Crippen LogP contribution in [-0.2, 0) is 0 Å². The number of pyridine rings is 1. The van der Waals surface area contributed by atoms with E-state index in [-0.39, 0.29) is 0 Å². The first-order valence-corrected chi connectivity index (χ1v) is 9.24. The van der Waals surface area contributed by atoms with E-state index in [0.717, 1.165) is 17.8 Å². The lowest BCUT2D eigenvalue weighted by atomic mass is 9.93.